The van der Waals surface area contributed by atoms with E-state index in [2.05, 4.69) is 10.3 Å². The Hall–Kier alpha value is -0.840. The molecule has 1 N–H and O–H groups in total. The van der Waals surface area contributed by atoms with E-state index in [1.807, 2.05) is 0 Å². The van der Waals surface area contributed by atoms with Crippen LogP contribution in [0.3, 0.4) is 0 Å². The highest BCUT2D eigenvalue weighted by Gasteiger charge is 2.10. The molecule has 0 aliphatic heterocycles. The number of carbonyl (C=O) groups excluding carboxylic acids is 1. The van der Waals surface area contributed by atoms with Gasteiger partial charge in [-0.25, -0.2) is 4.98 Å². The summed E-state index contributed by atoms with van der Waals surface area (Å²) in [6.07, 6.45) is 0.421. The summed E-state index contributed by atoms with van der Waals surface area (Å²) in [7, 11) is 0. The first-order chi connectivity index (χ1) is 7.60. The standard InChI is InChI=1S/C10H8Cl2N2OS/c1-2-8(15)13-10-14-9-6(12)3-5(11)4-7(9)16-10/h3-4H,2H2,1H3,(H,13,14,15). The molecule has 0 aliphatic carbocycles. The molecular weight excluding hydrogens is 267 g/mol. The monoisotopic (exact) mass is 274 g/mol. The second-order valence-electron chi connectivity index (χ2n) is 3.16. The van der Waals surface area contributed by atoms with Crippen molar-refractivity contribution < 1.29 is 4.79 Å². The average Bonchev–Trinajstić information content (AvgIpc) is 2.60. The molecule has 0 fully saturated rings. The van der Waals surface area contributed by atoms with Gasteiger partial charge in [-0.2, -0.15) is 0 Å². The Kier molecular flexibility index (Phi) is 3.33. The number of fused-ring (bicyclic) bond motifs is 1. The second kappa shape index (κ2) is 4.57. The molecular formula is C10H8Cl2N2OS. The molecule has 16 heavy (non-hydrogen) atoms. The maximum Gasteiger partial charge on any atom is 0.225 e. The van der Waals surface area contributed by atoms with Gasteiger partial charge in [-0.05, 0) is 12.1 Å². The van der Waals surface area contributed by atoms with Gasteiger partial charge in [0.25, 0.3) is 0 Å². The first-order valence-electron chi connectivity index (χ1n) is 4.65. The zero-order valence-electron chi connectivity index (χ0n) is 8.38. The molecule has 6 heteroatoms. The van der Waals surface area contributed by atoms with Gasteiger partial charge in [0.15, 0.2) is 5.13 Å². The number of halogens is 2. The van der Waals surface area contributed by atoms with Gasteiger partial charge in [-0.15, -0.1) is 0 Å². The number of carbonyl (C=O) groups is 1. The van der Waals surface area contributed by atoms with Crippen LogP contribution in [-0.2, 0) is 4.79 Å². The van der Waals surface area contributed by atoms with Crippen molar-refractivity contribution in [3.8, 4) is 0 Å². The maximum atomic E-state index is 11.2. The van der Waals surface area contributed by atoms with Crippen LogP contribution in [0.15, 0.2) is 12.1 Å². The highest BCUT2D eigenvalue weighted by molar-refractivity contribution is 7.22. The number of hydrogen-bond acceptors (Lipinski definition) is 3. The lowest BCUT2D eigenvalue weighted by molar-refractivity contribution is -0.115. The van der Waals surface area contributed by atoms with E-state index in [4.69, 9.17) is 23.2 Å². The Morgan fingerprint density at radius 2 is 2.25 bits per heavy atom. The van der Waals surface area contributed by atoms with Gasteiger partial charge in [0.05, 0.1) is 9.72 Å². The number of amides is 1. The number of hydrogen-bond donors (Lipinski definition) is 1. The molecule has 1 aromatic carbocycles. The van der Waals surface area contributed by atoms with E-state index in [1.54, 1.807) is 19.1 Å². The molecule has 0 atom stereocenters. The Morgan fingerprint density at radius 1 is 1.50 bits per heavy atom. The maximum absolute atomic E-state index is 11.2. The number of rotatable bonds is 2. The zero-order chi connectivity index (χ0) is 11.7. The molecule has 84 valence electrons. The molecule has 0 bridgehead atoms. The third-order valence-corrected chi connectivity index (χ3v) is 3.40. The molecule has 1 heterocycles. The third-order valence-electron chi connectivity index (χ3n) is 1.98. The fourth-order valence-electron chi connectivity index (χ4n) is 1.22. The number of nitrogens with one attached hydrogen (secondary N) is 1. The van der Waals surface area contributed by atoms with Gasteiger partial charge in [0.1, 0.15) is 5.52 Å². The van der Waals surface area contributed by atoms with Crippen LogP contribution in [0.2, 0.25) is 10.0 Å². The Balaban J connectivity index is 2.44. The summed E-state index contributed by atoms with van der Waals surface area (Å²) < 4.78 is 0.865. The topological polar surface area (TPSA) is 42.0 Å². The van der Waals surface area contributed by atoms with Crippen LogP contribution in [0, 0.1) is 0 Å². The van der Waals surface area contributed by atoms with E-state index in [1.165, 1.54) is 11.3 Å². The summed E-state index contributed by atoms with van der Waals surface area (Å²) in [5, 5.41) is 4.30. The average molecular weight is 275 g/mol. The van der Waals surface area contributed by atoms with Gasteiger partial charge in [0.2, 0.25) is 5.91 Å². The van der Waals surface area contributed by atoms with Gasteiger partial charge >= 0.3 is 0 Å². The van der Waals surface area contributed by atoms with Crippen molar-refractivity contribution in [1.82, 2.24) is 4.98 Å². The SMILES string of the molecule is CCC(=O)Nc1nc2c(Cl)cc(Cl)cc2s1. The predicted molar refractivity (Wildman–Crippen MR) is 68.6 cm³/mol. The number of nitrogens with zero attached hydrogens (tertiary/aromatic N) is 1. The minimum atomic E-state index is -0.0683. The number of anilines is 1. The van der Waals surface area contributed by atoms with Crippen LogP contribution >= 0.6 is 34.5 Å². The quantitative estimate of drug-likeness (QED) is 0.901. The molecule has 0 radical (unpaired) electrons. The van der Waals surface area contributed by atoms with E-state index >= 15 is 0 Å². The second-order valence-corrected chi connectivity index (χ2v) is 5.03. The van der Waals surface area contributed by atoms with Crippen molar-refractivity contribution in [1.29, 1.82) is 0 Å². The van der Waals surface area contributed by atoms with Gasteiger partial charge in [-0.1, -0.05) is 41.5 Å². The van der Waals surface area contributed by atoms with Crippen LogP contribution in [0.25, 0.3) is 10.2 Å². The van der Waals surface area contributed by atoms with Crippen LogP contribution in [0.5, 0.6) is 0 Å². The van der Waals surface area contributed by atoms with Gasteiger partial charge in [0, 0.05) is 11.4 Å². The van der Waals surface area contributed by atoms with Gasteiger partial charge < -0.3 is 5.32 Å². The molecule has 0 saturated carbocycles. The lowest BCUT2D eigenvalue weighted by atomic mass is 10.3. The lowest BCUT2D eigenvalue weighted by Gasteiger charge is -1.95. The van der Waals surface area contributed by atoms with E-state index < -0.39 is 0 Å². The molecule has 2 rings (SSSR count). The van der Waals surface area contributed by atoms with Crippen molar-refractivity contribution >= 4 is 55.8 Å². The minimum Gasteiger partial charge on any atom is -0.302 e. The van der Waals surface area contributed by atoms with Crippen LogP contribution in [0.4, 0.5) is 5.13 Å². The molecule has 0 spiro atoms. The highest BCUT2D eigenvalue weighted by Crippen LogP contribution is 2.33. The van der Waals surface area contributed by atoms with Crippen molar-refractivity contribution in [2.75, 3.05) is 5.32 Å². The summed E-state index contributed by atoms with van der Waals surface area (Å²) in [6, 6.07) is 3.42. The Morgan fingerprint density at radius 3 is 2.94 bits per heavy atom. The lowest BCUT2D eigenvalue weighted by Crippen LogP contribution is -2.08. The molecule has 0 aliphatic rings. The summed E-state index contributed by atoms with van der Waals surface area (Å²) in [5.74, 6) is -0.0683. The fraction of sp³-hybridized carbons (Fsp3) is 0.200. The molecule has 3 nitrogen and oxygen atoms in total. The Labute approximate surface area is 106 Å². The van der Waals surface area contributed by atoms with Crippen LogP contribution < -0.4 is 5.32 Å². The molecule has 2 aromatic rings. The number of benzene rings is 1. The van der Waals surface area contributed by atoms with E-state index in [-0.39, 0.29) is 5.91 Å². The highest BCUT2D eigenvalue weighted by atomic mass is 35.5. The third kappa shape index (κ3) is 2.29. The normalized spacial score (nSPS) is 10.7. The largest absolute Gasteiger partial charge is 0.302 e. The van der Waals surface area contributed by atoms with Crippen molar-refractivity contribution in [3.05, 3.63) is 22.2 Å². The fourth-order valence-corrected chi connectivity index (χ4v) is 2.82. The van der Waals surface area contributed by atoms with Crippen molar-refractivity contribution in [2.45, 2.75) is 13.3 Å². The molecule has 1 amide bonds. The summed E-state index contributed by atoms with van der Waals surface area (Å²) in [5.41, 5.74) is 0.669. The van der Waals surface area contributed by atoms with Crippen molar-refractivity contribution in [2.24, 2.45) is 0 Å². The Bertz CT molecular complexity index is 553. The van der Waals surface area contributed by atoms with Crippen LogP contribution in [-0.4, -0.2) is 10.9 Å². The first kappa shape index (κ1) is 11.6. The van der Waals surface area contributed by atoms with Gasteiger partial charge in [-0.3, -0.25) is 4.79 Å². The van der Waals surface area contributed by atoms with E-state index in [9.17, 15) is 4.79 Å². The van der Waals surface area contributed by atoms with Crippen molar-refractivity contribution in [3.63, 3.8) is 0 Å². The minimum absolute atomic E-state index is 0.0683. The predicted octanol–water partition coefficient (Wildman–Crippen LogP) is 3.95. The number of thiazole rings is 1. The number of aromatic nitrogens is 1. The van der Waals surface area contributed by atoms with E-state index in [0.29, 0.717) is 27.1 Å². The summed E-state index contributed by atoms with van der Waals surface area (Å²) in [4.78, 5) is 15.4. The van der Waals surface area contributed by atoms with Crippen LogP contribution in [0.1, 0.15) is 13.3 Å². The molecule has 0 saturated heterocycles. The molecule has 1 aromatic heterocycles. The smallest absolute Gasteiger partial charge is 0.225 e. The zero-order valence-corrected chi connectivity index (χ0v) is 10.7. The first-order valence-corrected chi connectivity index (χ1v) is 6.23. The summed E-state index contributed by atoms with van der Waals surface area (Å²) in [6.45, 7) is 1.78. The molecule has 0 unspecified atom stereocenters. The summed E-state index contributed by atoms with van der Waals surface area (Å²) >= 11 is 13.2. The van der Waals surface area contributed by atoms with E-state index in [0.717, 1.165) is 4.70 Å².